The number of amides is 1. The van der Waals surface area contributed by atoms with E-state index in [1.165, 1.54) is 37.9 Å². The van der Waals surface area contributed by atoms with E-state index in [-0.39, 0.29) is 5.91 Å². The van der Waals surface area contributed by atoms with Crippen molar-refractivity contribution >= 4 is 17.5 Å². The molecule has 0 aromatic carbocycles. The smallest absolute Gasteiger partial charge is 0.271 e. The highest BCUT2D eigenvalue weighted by Crippen LogP contribution is 2.20. The van der Waals surface area contributed by atoms with Crippen LogP contribution in [0.5, 0.6) is 0 Å². The Bertz CT molecular complexity index is 701. The first-order valence-corrected chi connectivity index (χ1v) is 8.61. The first kappa shape index (κ1) is 17.1. The molecule has 3 heterocycles. The number of hydrogen-bond acceptors (Lipinski definition) is 7. The molecular weight excluding hydrogens is 318 g/mol. The minimum absolute atomic E-state index is 0.234. The summed E-state index contributed by atoms with van der Waals surface area (Å²) < 4.78 is 0. The summed E-state index contributed by atoms with van der Waals surface area (Å²) in [5.41, 5.74) is 0.313. The van der Waals surface area contributed by atoms with Crippen LogP contribution in [0.3, 0.4) is 0 Å². The van der Waals surface area contributed by atoms with Gasteiger partial charge in [-0.1, -0.05) is 0 Å². The Morgan fingerprint density at radius 2 is 2.00 bits per heavy atom. The Labute approximate surface area is 147 Å². The lowest BCUT2D eigenvalue weighted by atomic mass is 10.1. The third-order valence-corrected chi connectivity index (χ3v) is 4.02. The second-order valence-electron chi connectivity index (χ2n) is 5.98. The van der Waals surface area contributed by atoms with Gasteiger partial charge in [-0.25, -0.2) is 15.0 Å². The molecule has 1 amide bonds. The summed E-state index contributed by atoms with van der Waals surface area (Å²) in [6.07, 6.45) is 8.19. The summed E-state index contributed by atoms with van der Waals surface area (Å²) in [6, 6.07) is 1.98. The van der Waals surface area contributed by atoms with Crippen molar-refractivity contribution in [1.82, 2.24) is 25.3 Å². The molecule has 0 radical (unpaired) electrons. The molecule has 0 unspecified atom stereocenters. The number of carbonyl (C=O) groups excluding carboxylic acids is 1. The van der Waals surface area contributed by atoms with Gasteiger partial charge < -0.3 is 15.5 Å². The lowest BCUT2D eigenvalue weighted by Crippen LogP contribution is -2.31. The average molecular weight is 341 g/mol. The molecule has 1 aliphatic rings. The quantitative estimate of drug-likeness (QED) is 0.767. The maximum atomic E-state index is 11.9. The van der Waals surface area contributed by atoms with E-state index in [2.05, 4.69) is 35.5 Å². The summed E-state index contributed by atoms with van der Waals surface area (Å²) >= 11 is 0. The van der Waals surface area contributed by atoms with Crippen LogP contribution in [0.1, 0.15) is 35.6 Å². The maximum absolute atomic E-state index is 11.9. The summed E-state index contributed by atoms with van der Waals surface area (Å²) in [6.45, 7) is 5.03. The summed E-state index contributed by atoms with van der Waals surface area (Å²) in [4.78, 5) is 31.0. The molecule has 3 rings (SSSR count). The molecule has 1 saturated heterocycles. The molecule has 2 aromatic rings. The molecule has 2 N–H and O–H groups in total. The second-order valence-corrected chi connectivity index (χ2v) is 5.98. The van der Waals surface area contributed by atoms with Crippen LogP contribution in [0.4, 0.5) is 11.6 Å². The third-order valence-electron chi connectivity index (χ3n) is 4.02. The van der Waals surface area contributed by atoms with Gasteiger partial charge in [0.05, 0.1) is 6.20 Å². The van der Waals surface area contributed by atoms with Crippen molar-refractivity contribution in [2.45, 2.75) is 26.2 Å². The normalized spacial score (nSPS) is 14.2. The SMILES string of the molecule is Cc1nc(NCCNC(=O)c2cnccn2)cc(N2CCCCC2)n1. The van der Waals surface area contributed by atoms with Crippen molar-refractivity contribution in [1.29, 1.82) is 0 Å². The maximum Gasteiger partial charge on any atom is 0.271 e. The van der Waals surface area contributed by atoms with Gasteiger partial charge in [0.1, 0.15) is 23.2 Å². The number of aryl methyl sites for hydroxylation is 1. The van der Waals surface area contributed by atoms with Crippen LogP contribution < -0.4 is 15.5 Å². The van der Waals surface area contributed by atoms with E-state index in [0.29, 0.717) is 18.8 Å². The van der Waals surface area contributed by atoms with Crippen LogP contribution in [0.15, 0.2) is 24.7 Å². The third kappa shape index (κ3) is 4.85. The van der Waals surface area contributed by atoms with Gasteiger partial charge in [0.2, 0.25) is 0 Å². The predicted octanol–water partition coefficient (Wildman–Crippen LogP) is 1.41. The fraction of sp³-hybridized carbons (Fsp3) is 0.471. The largest absolute Gasteiger partial charge is 0.368 e. The number of piperidine rings is 1. The zero-order chi connectivity index (χ0) is 17.5. The number of aromatic nitrogens is 4. The van der Waals surface area contributed by atoms with Crippen molar-refractivity contribution in [3.63, 3.8) is 0 Å². The topological polar surface area (TPSA) is 95.9 Å². The highest BCUT2D eigenvalue weighted by molar-refractivity contribution is 5.91. The highest BCUT2D eigenvalue weighted by atomic mass is 16.1. The molecule has 1 fully saturated rings. The van der Waals surface area contributed by atoms with E-state index in [1.807, 2.05) is 13.0 Å². The molecule has 0 aliphatic carbocycles. The molecule has 0 atom stereocenters. The number of rotatable bonds is 6. The van der Waals surface area contributed by atoms with Gasteiger partial charge in [0.15, 0.2) is 0 Å². The molecule has 8 heteroatoms. The Hall–Kier alpha value is -2.77. The molecule has 25 heavy (non-hydrogen) atoms. The van der Waals surface area contributed by atoms with Crippen LogP contribution in [-0.4, -0.2) is 52.0 Å². The molecule has 132 valence electrons. The first-order chi connectivity index (χ1) is 12.2. The Morgan fingerprint density at radius 3 is 2.76 bits per heavy atom. The van der Waals surface area contributed by atoms with E-state index in [4.69, 9.17) is 0 Å². The van der Waals surface area contributed by atoms with Crippen molar-refractivity contribution in [3.05, 3.63) is 36.2 Å². The lowest BCUT2D eigenvalue weighted by molar-refractivity contribution is 0.0950. The molecule has 8 nitrogen and oxygen atoms in total. The average Bonchev–Trinajstić information content (AvgIpc) is 2.66. The number of nitrogens with one attached hydrogen (secondary N) is 2. The lowest BCUT2D eigenvalue weighted by Gasteiger charge is -2.28. The minimum atomic E-state index is -0.234. The molecule has 0 spiro atoms. The molecular formula is C17H23N7O. The Morgan fingerprint density at radius 1 is 1.16 bits per heavy atom. The summed E-state index contributed by atoms with van der Waals surface area (Å²) in [5, 5.41) is 6.05. The van der Waals surface area contributed by atoms with E-state index < -0.39 is 0 Å². The van der Waals surface area contributed by atoms with Gasteiger partial charge >= 0.3 is 0 Å². The Kier molecular flexibility index (Phi) is 5.71. The monoisotopic (exact) mass is 341 g/mol. The van der Waals surface area contributed by atoms with Gasteiger partial charge in [-0.3, -0.25) is 9.78 Å². The van der Waals surface area contributed by atoms with Crippen molar-refractivity contribution in [3.8, 4) is 0 Å². The van der Waals surface area contributed by atoms with Crippen LogP contribution in [0.2, 0.25) is 0 Å². The van der Waals surface area contributed by atoms with Crippen molar-refractivity contribution in [2.75, 3.05) is 36.4 Å². The van der Waals surface area contributed by atoms with E-state index >= 15 is 0 Å². The predicted molar refractivity (Wildman–Crippen MR) is 95.7 cm³/mol. The van der Waals surface area contributed by atoms with Gasteiger partial charge in [-0.05, 0) is 26.2 Å². The second kappa shape index (κ2) is 8.36. The molecule has 2 aromatic heterocycles. The van der Waals surface area contributed by atoms with Gasteiger partial charge in [-0.2, -0.15) is 0 Å². The fourth-order valence-corrected chi connectivity index (χ4v) is 2.80. The number of carbonyl (C=O) groups is 1. The standard InChI is InChI=1S/C17H23N7O/c1-13-22-15(11-16(23-13)24-9-3-2-4-10-24)20-7-8-21-17(25)14-12-18-5-6-19-14/h5-6,11-12H,2-4,7-10H2,1H3,(H,21,25)(H,20,22,23). The number of hydrogen-bond donors (Lipinski definition) is 2. The van der Waals surface area contributed by atoms with Crippen molar-refractivity contribution < 1.29 is 4.79 Å². The summed E-state index contributed by atoms with van der Waals surface area (Å²) in [7, 11) is 0. The van der Waals surface area contributed by atoms with Gasteiger partial charge in [0, 0.05) is 44.6 Å². The van der Waals surface area contributed by atoms with E-state index in [1.54, 1.807) is 0 Å². The van der Waals surface area contributed by atoms with E-state index in [0.717, 1.165) is 30.5 Å². The number of nitrogens with zero attached hydrogens (tertiary/aromatic N) is 5. The van der Waals surface area contributed by atoms with Crippen molar-refractivity contribution in [2.24, 2.45) is 0 Å². The fourth-order valence-electron chi connectivity index (χ4n) is 2.80. The molecule has 1 aliphatic heterocycles. The highest BCUT2D eigenvalue weighted by Gasteiger charge is 2.13. The van der Waals surface area contributed by atoms with E-state index in [9.17, 15) is 4.79 Å². The minimum Gasteiger partial charge on any atom is -0.368 e. The molecule has 0 saturated carbocycles. The Balaban J connectivity index is 1.51. The summed E-state index contributed by atoms with van der Waals surface area (Å²) in [5.74, 6) is 2.26. The van der Waals surface area contributed by atoms with Crippen LogP contribution in [-0.2, 0) is 0 Å². The van der Waals surface area contributed by atoms with Crippen LogP contribution >= 0.6 is 0 Å². The van der Waals surface area contributed by atoms with Gasteiger partial charge in [-0.15, -0.1) is 0 Å². The van der Waals surface area contributed by atoms with Gasteiger partial charge in [0.25, 0.3) is 5.91 Å². The first-order valence-electron chi connectivity index (χ1n) is 8.61. The zero-order valence-electron chi connectivity index (χ0n) is 14.4. The van der Waals surface area contributed by atoms with Crippen LogP contribution in [0.25, 0.3) is 0 Å². The number of anilines is 2. The van der Waals surface area contributed by atoms with Crippen LogP contribution in [0, 0.1) is 6.92 Å². The zero-order valence-corrected chi connectivity index (χ0v) is 14.4. The molecule has 0 bridgehead atoms.